The van der Waals surface area contributed by atoms with Gasteiger partial charge < -0.3 is 0 Å². The second-order valence-corrected chi connectivity index (χ2v) is 15.5. The third-order valence-corrected chi connectivity index (χ3v) is 8.46. The molecule has 2 heteroatoms. The molecule has 0 aliphatic heterocycles. The summed E-state index contributed by atoms with van der Waals surface area (Å²) in [7, 11) is -1.05. The van der Waals surface area contributed by atoms with Crippen molar-refractivity contribution < 1.29 is 24.2 Å². The summed E-state index contributed by atoms with van der Waals surface area (Å²) in [5.41, 5.74) is 6.94. The summed E-state index contributed by atoms with van der Waals surface area (Å²) in [5, 5.41) is 1.51. The van der Waals surface area contributed by atoms with E-state index >= 15 is 0 Å². The monoisotopic (exact) mass is 616 g/mol. The van der Waals surface area contributed by atoms with E-state index < -0.39 is 8.07 Å². The first-order valence-electron chi connectivity index (χ1n) is 14.1. The second kappa shape index (κ2) is 19.4. The Labute approximate surface area is 260 Å². The van der Waals surface area contributed by atoms with Gasteiger partial charge in [0.05, 0.1) is 8.07 Å². The molecule has 0 heterocycles. The molecule has 0 unspecified atom stereocenters. The van der Waals surface area contributed by atoms with Crippen molar-refractivity contribution in [3.8, 4) is 11.1 Å². The number of rotatable bonds is 4. The quantitative estimate of drug-likeness (QED) is 0.139. The molecule has 2 aliphatic carbocycles. The van der Waals surface area contributed by atoms with Crippen molar-refractivity contribution in [2.24, 2.45) is 0 Å². The van der Waals surface area contributed by atoms with Crippen molar-refractivity contribution in [3.05, 3.63) is 150 Å². The van der Waals surface area contributed by atoms with Crippen LogP contribution in [-0.2, 0) is 37.1 Å². The van der Waals surface area contributed by atoms with Crippen LogP contribution >= 0.6 is 0 Å². The van der Waals surface area contributed by atoms with Crippen LogP contribution in [0.5, 0.6) is 0 Å². The molecule has 0 radical (unpaired) electrons. The average Bonchev–Trinajstić information content (AvgIpc) is 3.71. The molecule has 0 saturated carbocycles. The van der Waals surface area contributed by atoms with Crippen molar-refractivity contribution in [2.75, 3.05) is 0 Å². The van der Waals surface area contributed by atoms with E-state index in [-0.39, 0.29) is 0 Å². The number of benzene rings is 4. The maximum atomic E-state index is 3.34. The molecule has 0 bridgehead atoms. The Morgan fingerprint density at radius 2 is 1.45 bits per heavy atom. The van der Waals surface area contributed by atoms with Gasteiger partial charge in [0.2, 0.25) is 0 Å². The van der Waals surface area contributed by atoms with E-state index in [1.165, 1.54) is 76.5 Å². The Morgan fingerprint density at radius 1 is 0.800 bits per heavy atom. The largest absolute Gasteiger partial charge is 0.179 e. The van der Waals surface area contributed by atoms with Crippen LogP contribution in [-0.4, -0.2) is 12.3 Å². The standard InChI is InChI=1S/C13H9.C10H13.C9H13Si.C5H5.CH2.Zr/c1-3-7-12-10(5-1)9-11-6-2-4-8-13(11)12;1-2-3-7-10-8-5-4-6-9-10;1-10(2,3)9-7-5-4-6-8-9;1-2-4-5-3-1;;/h1-5,7-8H,9H2;5-6,8-9H,2-3,7H2,1H3;5-8H,1-3H3;1-3H,4H2;1H2;/q4*-1;;. The van der Waals surface area contributed by atoms with Gasteiger partial charge in [0, 0.05) is 0 Å². The zero-order chi connectivity index (χ0) is 29.1. The molecule has 40 heavy (non-hydrogen) atoms. The van der Waals surface area contributed by atoms with Crippen LogP contribution in [0.25, 0.3) is 11.1 Å². The van der Waals surface area contributed by atoms with E-state index in [1.807, 2.05) is 42.5 Å². The summed E-state index contributed by atoms with van der Waals surface area (Å²) < 4.78 is 3.34. The maximum absolute atomic E-state index is 3.34. The van der Waals surface area contributed by atoms with E-state index in [0.717, 1.165) is 12.8 Å². The summed E-state index contributed by atoms with van der Waals surface area (Å²) in [6.07, 6.45) is 14.8. The van der Waals surface area contributed by atoms with Gasteiger partial charge in [0.1, 0.15) is 0 Å². The molecule has 0 fully saturated rings. The molecule has 4 aromatic rings. The van der Waals surface area contributed by atoms with E-state index in [0.29, 0.717) is 0 Å². The van der Waals surface area contributed by atoms with Gasteiger partial charge in [0.15, 0.2) is 0 Å². The van der Waals surface area contributed by atoms with Gasteiger partial charge in [-0.1, -0.05) is 81.2 Å². The number of hydrogen-bond donors (Lipinski definition) is 0. The molecule has 4 aromatic carbocycles. The Morgan fingerprint density at radius 3 is 2.00 bits per heavy atom. The predicted molar refractivity (Wildman–Crippen MR) is 174 cm³/mol. The second-order valence-electron chi connectivity index (χ2n) is 10.4. The molecule has 0 amide bonds. The molecule has 0 spiro atoms. The first-order chi connectivity index (χ1) is 19.5. The molecule has 0 saturated heterocycles. The van der Waals surface area contributed by atoms with Crippen LogP contribution in [0.3, 0.4) is 0 Å². The molecule has 0 aromatic heterocycles. The first-order valence-corrected chi connectivity index (χ1v) is 19.3. The van der Waals surface area contributed by atoms with Gasteiger partial charge in [-0.25, -0.2) is 12.2 Å². The van der Waals surface area contributed by atoms with Crippen LogP contribution in [0.1, 0.15) is 42.9 Å². The zero-order valence-electron chi connectivity index (χ0n) is 24.6. The molecule has 2 aliphatic rings. The molecule has 0 atom stereocenters. The van der Waals surface area contributed by atoms with Crippen LogP contribution in [0.4, 0.5) is 0 Å². The van der Waals surface area contributed by atoms with Crippen LogP contribution in [0.15, 0.2) is 109 Å². The zero-order valence-corrected chi connectivity index (χ0v) is 28.1. The van der Waals surface area contributed by atoms with Crippen LogP contribution in [0.2, 0.25) is 19.6 Å². The van der Waals surface area contributed by atoms with Gasteiger partial charge in [-0.3, -0.25) is 6.08 Å². The van der Waals surface area contributed by atoms with Gasteiger partial charge in [-0.2, -0.15) is 107 Å². The predicted octanol–water partition coefficient (Wildman–Crippen LogP) is 9.19. The minimum Gasteiger partial charge on any atom is -0.179 e. The fourth-order valence-corrected chi connectivity index (χ4v) is 5.36. The summed E-state index contributed by atoms with van der Waals surface area (Å²) in [5.74, 6) is 0. The summed E-state index contributed by atoms with van der Waals surface area (Å²) in [6, 6.07) is 40.7. The summed E-state index contributed by atoms with van der Waals surface area (Å²) in [6.45, 7) is 9.27. The molecule has 0 nitrogen and oxygen atoms in total. The van der Waals surface area contributed by atoms with Gasteiger partial charge in [-0.15, -0.1) is 12.0 Å². The fraction of sp³-hybridized carbons (Fsp3) is 0.237. The number of unbranched alkanes of at least 4 members (excludes halogenated alkanes) is 1. The maximum Gasteiger partial charge on any atom is -0.0253 e. The number of allylic oxidation sites excluding steroid dienone is 4. The van der Waals surface area contributed by atoms with Crippen LogP contribution in [0, 0.1) is 24.3 Å². The summed E-state index contributed by atoms with van der Waals surface area (Å²) in [4.78, 5) is 0. The van der Waals surface area contributed by atoms with E-state index in [4.69, 9.17) is 0 Å². The Bertz CT molecular complexity index is 1230. The smallest absolute Gasteiger partial charge is 0.0253 e. The topological polar surface area (TPSA) is 0 Å². The molecular weight excluding hydrogens is 576 g/mol. The Balaban J connectivity index is 0.000000190. The normalized spacial score (nSPS) is 11.6. The van der Waals surface area contributed by atoms with E-state index in [2.05, 4.69) is 122 Å². The Kier molecular flexibility index (Phi) is 16.3. The van der Waals surface area contributed by atoms with Crippen molar-refractivity contribution >= 4 is 17.5 Å². The number of fused-ring (bicyclic) bond motifs is 3. The minimum absolute atomic E-state index is 1.01. The van der Waals surface area contributed by atoms with E-state index in [1.54, 1.807) is 0 Å². The molecule has 6 rings (SSSR count). The SMILES string of the molecule is CCCCc1cc[c-]cc1.C[Si](C)(C)c1cc[c-]cc1.[C-]1=CC=CC1.[CH2]=[Zr].[c-]1cccc2c1Cc1ccccc1-2. The third kappa shape index (κ3) is 12.2. The average molecular weight is 618 g/mol. The molecule has 206 valence electrons. The molecule has 0 N–H and O–H groups in total. The summed E-state index contributed by atoms with van der Waals surface area (Å²) >= 11 is 1.30. The van der Waals surface area contributed by atoms with Gasteiger partial charge in [-0.05, 0) is 6.42 Å². The van der Waals surface area contributed by atoms with Crippen molar-refractivity contribution in [1.29, 1.82) is 0 Å². The van der Waals surface area contributed by atoms with Gasteiger partial charge >= 0.3 is 28.4 Å². The fourth-order valence-electron chi connectivity index (χ4n) is 4.19. The molecular formula is C38H42SiZr-4. The van der Waals surface area contributed by atoms with Crippen molar-refractivity contribution in [3.63, 3.8) is 0 Å². The first kappa shape index (κ1) is 33.5. The van der Waals surface area contributed by atoms with Crippen molar-refractivity contribution in [2.45, 2.75) is 58.7 Å². The third-order valence-electron chi connectivity index (χ3n) is 6.39. The van der Waals surface area contributed by atoms with Crippen molar-refractivity contribution in [1.82, 2.24) is 0 Å². The minimum atomic E-state index is -1.05. The number of aryl methyl sites for hydroxylation is 1. The van der Waals surface area contributed by atoms with E-state index in [9.17, 15) is 0 Å². The van der Waals surface area contributed by atoms with Gasteiger partial charge in [0.25, 0.3) is 0 Å². The van der Waals surface area contributed by atoms with Crippen LogP contribution < -0.4 is 5.19 Å². The number of hydrogen-bond acceptors (Lipinski definition) is 0. The Hall–Kier alpha value is -2.67.